The zero-order valence-corrected chi connectivity index (χ0v) is 15.1. The van der Waals surface area contributed by atoms with E-state index in [0.717, 1.165) is 12.0 Å². The van der Waals surface area contributed by atoms with Crippen LogP contribution in [0.4, 0.5) is 0 Å². The second-order valence-electron chi connectivity index (χ2n) is 6.93. The highest BCUT2D eigenvalue weighted by molar-refractivity contribution is 4.76. The molecule has 1 saturated carbocycles. The molecule has 1 N–H and O–H groups in total. The van der Waals surface area contributed by atoms with Crippen molar-refractivity contribution in [3.63, 3.8) is 0 Å². The largest absolute Gasteiger partial charge is 0.314 e. The van der Waals surface area contributed by atoms with Crippen LogP contribution in [0.15, 0.2) is 0 Å². The third-order valence-corrected chi connectivity index (χ3v) is 3.32. The molecule has 0 atom stereocenters. The number of hydrogen-bond donors (Lipinski definition) is 1. The molecule has 19 heavy (non-hydrogen) atoms. The molecule has 0 heterocycles. The highest BCUT2D eigenvalue weighted by Gasteiger charge is 2.18. The van der Waals surface area contributed by atoms with Gasteiger partial charge in [0.05, 0.1) is 0 Å². The minimum Gasteiger partial charge on any atom is -0.314 e. The van der Waals surface area contributed by atoms with Gasteiger partial charge in [-0.2, -0.15) is 0 Å². The van der Waals surface area contributed by atoms with E-state index in [1.807, 2.05) is 13.8 Å². The zero-order chi connectivity index (χ0) is 15.3. The molecule has 0 bridgehead atoms. The molecule has 1 rings (SSSR count). The molecule has 0 radical (unpaired) electrons. The smallest absolute Gasteiger partial charge is 0.00672 e. The van der Waals surface area contributed by atoms with Crippen LogP contribution < -0.4 is 5.32 Å². The Bertz CT molecular complexity index is 161. The van der Waals surface area contributed by atoms with Crippen molar-refractivity contribution in [1.82, 2.24) is 5.32 Å². The first kappa shape index (κ1) is 21.3. The van der Waals surface area contributed by atoms with E-state index in [1.54, 1.807) is 0 Å². The van der Waals surface area contributed by atoms with Gasteiger partial charge in [0.1, 0.15) is 0 Å². The van der Waals surface area contributed by atoms with Crippen LogP contribution in [0.3, 0.4) is 0 Å². The summed E-state index contributed by atoms with van der Waals surface area (Å²) in [6.45, 7) is 18.8. The van der Waals surface area contributed by atoms with E-state index in [4.69, 9.17) is 0 Å². The molecule has 1 fully saturated rings. The first-order valence-corrected chi connectivity index (χ1v) is 8.62. The second-order valence-corrected chi connectivity index (χ2v) is 6.93. The van der Waals surface area contributed by atoms with E-state index >= 15 is 0 Å². The molecule has 1 heteroatoms. The summed E-state index contributed by atoms with van der Waals surface area (Å²) in [5, 5.41) is 3.70. The minimum absolute atomic E-state index is 0.481. The van der Waals surface area contributed by atoms with Crippen molar-refractivity contribution >= 4 is 0 Å². The Morgan fingerprint density at radius 1 is 0.947 bits per heavy atom. The van der Waals surface area contributed by atoms with Gasteiger partial charge in [0.15, 0.2) is 0 Å². The highest BCUT2D eigenvalue weighted by Crippen LogP contribution is 2.24. The Labute approximate surface area is 123 Å². The number of rotatable bonds is 3. The zero-order valence-electron chi connectivity index (χ0n) is 15.1. The normalized spacial score (nSPS) is 22.7. The van der Waals surface area contributed by atoms with E-state index in [1.165, 1.54) is 45.1 Å². The molecule has 0 aromatic rings. The average molecular weight is 272 g/mol. The van der Waals surface area contributed by atoms with Crippen molar-refractivity contribution in [3.05, 3.63) is 0 Å². The molecular weight excluding hydrogens is 230 g/mol. The van der Waals surface area contributed by atoms with Crippen molar-refractivity contribution in [2.75, 3.05) is 6.54 Å². The van der Waals surface area contributed by atoms with Gasteiger partial charge in [0.2, 0.25) is 0 Å². The fourth-order valence-electron chi connectivity index (χ4n) is 2.12. The maximum absolute atomic E-state index is 3.70. The summed E-state index contributed by atoms with van der Waals surface area (Å²) in [4.78, 5) is 0. The van der Waals surface area contributed by atoms with E-state index in [9.17, 15) is 0 Å². The quantitative estimate of drug-likeness (QED) is 0.660. The van der Waals surface area contributed by atoms with Crippen LogP contribution in [0.1, 0.15) is 93.9 Å². The van der Waals surface area contributed by atoms with Gasteiger partial charge in [-0.1, -0.05) is 61.8 Å². The van der Waals surface area contributed by atoms with Crippen LogP contribution in [0.25, 0.3) is 0 Å². The van der Waals surface area contributed by atoms with Crippen LogP contribution in [-0.4, -0.2) is 12.6 Å². The maximum atomic E-state index is 3.70. The van der Waals surface area contributed by atoms with Crippen molar-refractivity contribution in [1.29, 1.82) is 0 Å². The predicted octanol–water partition coefficient (Wildman–Crippen LogP) is 6.03. The van der Waals surface area contributed by atoms with Gasteiger partial charge in [-0.3, -0.25) is 0 Å². The van der Waals surface area contributed by atoms with Gasteiger partial charge in [-0.05, 0) is 50.0 Å². The molecule has 1 nitrogen and oxygen atoms in total. The van der Waals surface area contributed by atoms with Gasteiger partial charge < -0.3 is 5.32 Å². The molecule has 0 spiro atoms. The molecule has 0 aliphatic heterocycles. The van der Waals surface area contributed by atoms with Crippen molar-refractivity contribution in [3.8, 4) is 0 Å². The van der Waals surface area contributed by atoms with Gasteiger partial charge in [0, 0.05) is 6.04 Å². The van der Waals surface area contributed by atoms with E-state index < -0.39 is 0 Å². The third kappa shape index (κ3) is 15.9. The predicted molar refractivity (Wildman–Crippen MR) is 90.8 cm³/mol. The molecule has 0 amide bonds. The molecule has 1 aliphatic carbocycles. The average Bonchev–Trinajstić information content (AvgIpc) is 2.34. The van der Waals surface area contributed by atoms with E-state index in [2.05, 4.69) is 46.9 Å². The topological polar surface area (TPSA) is 12.0 Å². The molecular formula is C18H41N. The lowest BCUT2D eigenvalue weighted by molar-refractivity contribution is 0.288. The van der Waals surface area contributed by atoms with E-state index in [-0.39, 0.29) is 0 Å². The lowest BCUT2D eigenvalue weighted by Crippen LogP contribution is -2.34. The minimum atomic E-state index is 0.481. The summed E-state index contributed by atoms with van der Waals surface area (Å²) >= 11 is 0. The van der Waals surface area contributed by atoms with Gasteiger partial charge in [-0.25, -0.2) is 0 Å². The summed E-state index contributed by atoms with van der Waals surface area (Å²) in [6.07, 6.45) is 8.18. The van der Waals surface area contributed by atoms with Crippen LogP contribution in [-0.2, 0) is 0 Å². The van der Waals surface area contributed by atoms with Crippen LogP contribution in [0, 0.1) is 11.3 Å². The van der Waals surface area contributed by atoms with Crippen LogP contribution in [0.2, 0.25) is 0 Å². The molecule has 1 aliphatic rings. The Balaban J connectivity index is 0. The molecule has 0 unspecified atom stereocenters. The van der Waals surface area contributed by atoms with Gasteiger partial charge in [-0.15, -0.1) is 0 Å². The van der Waals surface area contributed by atoms with Crippen LogP contribution in [0.5, 0.6) is 0 Å². The summed E-state index contributed by atoms with van der Waals surface area (Å²) in [7, 11) is 0. The molecule has 118 valence electrons. The van der Waals surface area contributed by atoms with Gasteiger partial charge >= 0.3 is 0 Å². The fraction of sp³-hybridized carbons (Fsp3) is 1.00. The van der Waals surface area contributed by atoms with E-state index in [0.29, 0.717) is 5.41 Å². The first-order chi connectivity index (χ1) is 8.89. The Kier molecular flexibility index (Phi) is 14.5. The molecule has 0 aromatic carbocycles. The summed E-state index contributed by atoms with van der Waals surface area (Å²) in [5.41, 5.74) is 0.481. The lowest BCUT2D eigenvalue weighted by Gasteiger charge is -2.28. The Hall–Kier alpha value is -0.0400. The lowest BCUT2D eigenvalue weighted by atomic mass is 9.87. The SMILES string of the molecule is CC.CC1CCC(NCCC(C)(C)C)CC1.CCC. The Morgan fingerprint density at radius 2 is 1.37 bits per heavy atom. The highest BCUT2D eigenvalue weighted by atomic mass is 14.9. The standard InChI is InChI=1S/C13H27N.C3H8.C2H6/c1-11-5-7-12(8-6-11)14-10-9-13(2,3)4;1-3-2;1-2/h11-12,14H,5-10H2,1-4H3;3H2,1-2H3;1-2H3. The van der Waals surface area contributed by atoms with Crippen LogP contribution >= 0.6 is 0 Å². The third-order valence-electron chi connectivity index (χ3n) is 3.32. The summed E-state index contributed by atoms with van der Waals surface area (Å²) in [5.74, 6) is 0.968. The molecule has 0 aromatic heterocycles. The van der Waals surface area contributed by atoms with Crippen molar-refractivity contribution in [2.45, 2.75) is 100.0 Å². The first-order valence-electron chi connectivity index (χ1n) is 8.62. The second kappa shape index (κ2) is 13.0. The fourth-order valence-corrected chi connectivity index (χ4v) is 2.12. The summed E-state index contributed by atoms with van der Waals surface area (Å²) in [6, 6.07) is 0.813. The Morgan fingerprint density at radius 3 is 1.74 bits per heavy atom. The molecule has 0 saturated heterocycles. The van der Waals surface area contributed by atoms with Crippen molar-refractivity contribution in [2.24, 2.45) is 11.3 Å². The summed E-state index contributed by atoms with van der Waals surface area (Å²) < 4.78 is 0. The van der Waals surface area contributed by atoms with Gasteiger partial charge in [0.25, 0.3) is 0 Å². The monoisotopic (exact) mass is 271 g/mol. The number of hydrogen-bond acceptors (Lipinski definition) is 1. The number of nitrogens with one attached hydrogen (secondary N) is 1. The van der Waals surface area contributed by atoms with Crippen molar-refractivity contribution < 1.29 is 0 Å². The maximum Gasteiger partial charge on any atom is 0.00672 e.